The van der Waals surface area contributed by atoms with Crippen LogP contribution >= 0.6 is 12.2 Å². The number of rotatable bonds is 9. The van der Waals surface area contributed by atoms with Gasteiger partial charge in [0.1, 0.15) is 0 Å². The van der Waals surface area contributed by atoms with Crippen LogP contribution in [0.3, 0.4) is 0 Å². The van der Waals surface area contributed by atoms with Gasteiger partial charge in [0.2, 0.25) is 12.3 Å². The third-order valence-electron chi connectivity index (χ3n) is 4.75. The number of likely N-dealkylation sites (tertiary alicyclic amines) is 1. The van der Waals surface area contributed by atoms with Crippen molar-refractivity contribution in [2.24, 2.45) is 5.92 Å². The van der Waals surface area contributed by atoms with Crippen LogP contribution in [-0.2, 0) is 9.59 Å². The number of nitrogens with zero attached hydrogens (tertiary/aromatic N) is 2. The second-order valence-electron chi connectivity index (χ2n) is 7.93. The van der Waals surface area contributed by atoms with E-state index in [1.807, 2.05) is 23.1 Å². The molecule has 1 aliphatic heterocycles. The van der Waals surface area contributed by atoms with Crippen LogP contribution in [-0.4, -0.2) is 59.2 Å². The van der Waals surface area contributed by atoms with Crippen molar-refractivity contribution in [2.45, 2.75) is 52.9 Å². The lowest BCUT2D eigenvalue weighted by atomic mass is 10.1. The molecule has 0 aromatic heterocycles. The summed E-state index contributed by atoms with van der Waals surface area (Å²) in [5.41, 5.74) is 0.627. The lowest BCUT2D eigenvalue weighted by molar-refractivity contribution is -0.134. The second kappa shape index (κ2) is 17.9. The predicted molar refractivity (Wildman–Crippen MR) is 134 cm³/mol. The van der Waals surface area contributed by atoms with Crippen molar-refractivity contribution in [1.82, 2.24) is 15.1 Å². The number of amides is 3. The van der Waals surface area contributed by atoms with Crippen molar-refractivity contribution in [2.75, 3.05) is 26.2 Å². The first kappa shape index (κ1) is 29.3. The van der Waals surface area contributed by atoms with Crippen molar-refractivity contribution in [3.05, 3.63) is 35.9 Å². The average Bonchev–Trinajstić information content (AvgIpc) is 3.33. The maximum absolute atomic E-state index is 11.9. The summed E-state index contributed by atoms with van der Waals surface area (Å²) >= 11 is 4.74. The monoisotopic (exact) mass is 459 g/mol. The van der Waals surface area contributed by atoms with Crippen molar-refractivity contribution in [3.63, 3.8) is 0 Å². The summed E-state index contributed by atoms with van der Waals surface area (Å²) < 4.78 is 0. The van der Waals surface area contributed by atoms with Gasteiger partial charge in [-0.3, -0.25) is 14.4 Å². The molecule has 3 amide bonds. The van der Waals surface area contributed by atoms with Crippen molar-refractivity contribution >= 4 is 35.4 Å². The summed E-state index contributed by atoms with van der Waals surface area (Å²) in [5.74, 6) is 0.660. The third kappa shape index (κ3) is 13.6. The molecule has 1 aromatic carbocycles. The van der Waals surface area contributed by atoms with Crippen molar-refractivity contribution in [3.8, 4) is 12.8 Å². The molecule has 1 N–H and O–H groups in total. The Balaban J connectivity index is 0.000000595. The Bertz CT molecular complexity index is 714. The van der Waals surface area contributed by atoms with E-state index in [4.69, 9.17) is 12.2 Å². The number of hydrogen-bond acceptors (Lipinski definition) is 4. The fourth-order valence-corrected chi connectivity index (χ4v) is 3.19. The number of terminal acetylenes is 1. The van der Waals surface area contributed by atoms with Gasteiger partial charge >= 0.3 is 0 Å². The SMILES string of the molecule is C#C.CC(=S)NC(=O)c1ccccc1.CC(C)CCCCN(C=O)CC(=O)N1CCCC1. The normalized spacial score (nSPS) is 12.0. The number of benzene rings is 1. The van der Waals surface area contributed by atoms with E-state index in [-0.39, 0.29) is 18.4 Å². The molecule has 6 nitrogen and oxygen atoms in total. The van der Waals surface area contributed by atoms with E-state index < -0.39 is 0 Å². The number of carbonyl (C=O) groups is 3. The second-order valence-corrected chi connectivity index (χ2v) is 8.54. The molecule has 1 aliphatic rings. The molecule has 0 radical (unpaired) electrons. The highest BCUT2D eigenvalue weighted by atomic mass is 32.1. The molecule has 32 heavy (non-hydrogen) atoms. The molecular formula is C25H37N3O3S. The Kier molecular flexibility index (Phi) is 16.4. The van der Waals surface area contributed by atoms with E-state index in [0.29, 0.717) is 23.0 Å². The van der Waals surface area contributed by atoms with Gasteiger partial charge in [-0.1, -0.05) is 57.1 Å². The van der Waals surface area contributed by atoms with Crippen LogP contribution < -0.4 is 5.32 Å². The largest absolute Gasteiger partial charge is 0.341 e. The number of thiocarbonyl (C=S) groups is 1. The van der Waals surface area contributed by atoms with Crippen molar-refractivity contribution < 1.29 is 14.4 Å². The van der Waals surface area contributed by atoms with Gasteiger partial charge in [0, 0.05) is 25.2 Å². The number of hydrogen-bond donors (Lipinski definition) is 1. The molecule has 1 fully saturated rings. The van der Waals surface area contributed by atoms with Gasteiger partial charge in [0.05, 0.1) is 11.5 Å². The lowest BCUT2D eigenvalue weighted by Gasteiger charge is -2.21. The zero-order valence-corrected chi connectivity index (χ0v) is 20.4. The Hall–Kier alpha value is -2.72. The molecular weight excluding hydrogens is 422 g/mol. The topological polar surface area (TPSA) is 69.7 Å². The van der Waals surface area contributed by atoms with E-state index in [9.17, 15) is 14.4 Å². The molecule has 0 aliphatic carbocycles. The molecule has 0 spiro atoms. The molecule has 1 saturated heterocycles. The number of unbranched alkanes of at least 4 members (excludes halogenated alkanes) is 1. The van der Waals surface area contributed by atoms with Crippen LogP contribution in [0, 0.1) is 18.8 Å². The summed E-state index contributed by atoms with van der Waals surface area (Å²) in [4.78, 5) is 38.0. The molecule has 176 valence electrons. The summed E-state index contributed by atoms with van der Waals surface area (Å²) in [6, 6.07) is 8.98. The lowest BCUT2D eigenvalue weighted by Crippen LogP contribution is -2.38. The maximum Gasteiger partial charge on any atom is 0.256 e. The minimum atomic E-state index is -0.150. The highest BCUT2D eigenvalue weighted by molar-refractivity contribution is 7.80. The highest BCUT2D eigenvalue weighted by Gasteiger charge is 2.19. The van der Waals surface area contributed by atoms with Crippen LogP contribution in [0.25, 0.3) is 0 Å². The quantitative estimate of drug-likeness (QED) is 0.263. The predicted octanol–water partition coefficient (Wildman–Crippen LogP) is 3.91. The number of nitrogens with one attached hydrogen (secondary N) is 1. The third-order valence-corrected chi connectivity index (χ3v) is 4.85. The van der Waals surface area contributed by atoms with Gasteiger partial charge in [0.25, 0.3) is 5.91 Å². The molecule has 0 unspecified atom stereocenters. The maximum atomic E-state index is 11.9. The van der Waals surface area contributed by atoms with E-state index >= 15 is 0 Å². The molecule has 1 aromatic rings. The summed E-state index contributed by atoms with van der Waals surface area (Å²) in [5, 5.41) is 2.55. The van der Waals surface area contributed by atoms with Gasteiger partial charge in [-0.15, -0.1) is 12.8 Å². The first-order valence-corrected chi connectivity index (χ1v) is 11.4. The highest BCUT2D eigenvalue weighted by Crippen LogP contribution is 2.09. The van der Waals surface area contributed by atoms with Crippen LogP contribution in [0.1, 0.15) is 63.2 Å². The standard InChI is InChI=1S/C14H26N2O2.C9H9NOS.C2H2/c1-13(2)7-3-4-8-15(12-17)11-14(18)16-9-5-6-10-16;1-7(12)10-9(11)8-5-3-2-4-6-8;1-2/h12-13H,3-11H2,1-2H3;2-6H,1H3,(H,10,11,12);1-2H. The Morgan fingerprint density at radius 3 is 2.25 bits per heavy atom. The Morgan fingerprint density at radius 1 is 1.16 bits per heavy atom. The molecule has 2 rings (SSSR count). The van der Waals surface area contributed by atoms with Crippen LogP contribution in [0.5, 0.6) is 0 Å². The zero-order chi connectivity index (χ0) is 24.4. The van der Waals surface area contributed by atoms with Gasteiger partial charge < -0.3 is 15.1 Å². The minimum Gasteiger partial charge on any atom is -0.341 e. The Labute approximate surface area is 198 Å². The van der Waals surface area contributed by atoms with Gasteiger partial charge in [-0.05, 0) is 44.2 Å². The molecule has 0 atom stereocenters. The van der Waals surface area contributed by atoms with Crippen LogP contribution in [0.15, 0.2) is 30.3 Å². The van der Waals surface area contributed by atoms with Gasteiger partial charge in [-0.2, -0.15) is 0 Å². The molecule has 0 bridgehead atoms. The Morgan fingerprint density at radius 2 is 1.75 bits per heavy atom. The summed E-state index contributed by atoms with van der Waals surface area (Å²) in [6.45, 7) is 8.76. The van der Waals surface area contributed by atoms with Gasteiger partial charge in [-0.25, -0.2) is 0 Å². The van der Waals surface area contributed by atoms with E-state index in [1.165, 1.54) is 6.42 Å². The van der Waals surface area contributed by atoms with Gasteiger partial charge in [0.15, 0.2) is 0 Å². The molecule has 7 heteroatoms. The first-order chi connectivity index (χ1) is 15.3. The fourth-order valence-electron chi connectivity index (χ4n) is 3.10. The summed E-state index contributed by atoms with van der Waals surface area (Å²) in [6.07, 6.45) is 14.3. The number of carbonyl (C=O) groups excluding carboxylic acids is 3. The van der Waals surface area contributed by atoms with E-state index in [1.54, 1.807) is 24.0 Å². The van der Waals surface area contributed by atoms with E-state index in [2.05, 4.69) is 32.0 Å². The molecule has 0 saturated carbocycles. The zero-order valence-electron chi connectivity index (χ0n) is 19.6. The molecule has 1 heterocycles. The van der Waals surface area contributed by atoms with Crippen LogP contribution in [0.2, 0.25) is 0 Å². The minimum absolute atomic E-state index is 0.100. The van der Waals surface area contributed by atoms with Crippen molar-refractivity contribution in [1.29, 1.82) is 0 Å². The van der Waals surface area contributed by atoms with E-state index in [0.717, 1.165) is 45.2 Å². The smallest absolute Gasteiger partial charge is 0.256 e. The van der Waals surface area contributed by atoms with Crippen LogP contribution in [0.4, 0.5) is 0 Å². The average molecular weight is 460 g/mol. The first-order valence-electron chi connectivity index (χ1n) is 11.0. The summed E-state index contributed by atoms with van der Waals surface area (Å²) in [7, 11) is 0. The fraction of sp³-hybridized carbons (Fsp3) is 0.520.